The van der Waals surface area contributed by atoms with Crippen LogP contribution in [0.15, 0.2) is 0 Å². The second-order valence-corrected chi connectivity index (χ2v) is 5.13. The molecule has 8 heavy (non-hydrogen) atoms. The van der Waals surface area contributed by atoms with Crippen LogP contribution in [-0.4, -0.2) is 16.6 Å². The molecule has 1 nitrogen and oxygen atoms in total. The number of alkyl halides is 1. The average Bonchev–Trinajstić information content (AvgIpc) is 1.65. The minimum absolute atomic E-state index is 0.524. The predicted molar refractivity (Wildman–Crippen MR) is 42.5 cm³/mol. The molecule has 0 aromatic carbocycles. The smallest absolute Gasteiger partial charge is 0.0478 e. The number of hydrogen-bond acceptors (Lipinski definition) is 1. The number of rotatable bonds is 0. The third-order valence-electron chi connectivity index (χ3n) is 1.54. The maximum atomic E-state index is 5.20. The Morgan fingerprint density at radius 2 is 1.88 bits per heavy atom. The fourth-order valence-corrected chi connectivity index (χ4v) is 1.24. The van der Waals surface area contributed by atoms with E-state index in [9.17, 15) is 0 Å². The molecule has 0 atom stereocenters. The normalized spacial score (nSPS) is 27.8. The molecule has 0 radical (unpaired) electrons. The van der Waals surface area contributed by atoms with Crippen molar-refractivity contribution in [3.63, 3.8) is 0 Å². The van der Waals surface area contributed by atoms with Crippen molar-refractivity contribution in [2.75, 3.05) is 13.2 Å². The van der Waals surface area contributed by atoms with E-state index in [1.54, 1.807) is 0 Å². The molecule has 0 aromatic rings. The van der Waals surface area contributed by atoms with E-state index in [2.05, 4.69) is 29.5 Å². The predicted octanol–water partition coefficient (Wildman–Crippen LogP) is 1.99. The molecule has 1 aliphatic rings. The van der Waals surface area contributed by atoms with Gasteiger partial charge in [0.2, 0.25) is 0 Å². The highest BCUT2D eigenvalue weighted by Crippen LogP contribution is 2.29. The molecule has 1 fully saturated rings. The Balaban J connectivity index is 2.33. The van der Waals surface area contributed by atoms with Crippen LogP contribution in [0.25, 0.3) is 0 Å². The lowest BCUT2D eigenvalue weighted by Gasteiger charge is -2.26. The minimum atomic E-state index is 0.524. The largest absolute Gasteiger partial charge is 0.381 e. The van der Waals surface area contributed by atoms with E-state index >= 15 is 0 Å². The highest BCUT2D eigenvalue weighted by atomic mass is 127. The van der Waals surface area contributed by atoms with E-state index in [1.165, 1.54) is 12.8 Å². The van der Waals surface area contributed by atoms with Crippen molar-refractivity contribution in [3.8, 4) is 0 Å². The Bertz CT molecular complexity index is 72.6. The summed E-state index contributed by atoms with van der Waals surface area (Å²) < 4.78 is 5.72. The molecule has 0 N–H and O–H groups in total. The summed E-state index contributed by atoms with van der Waals surface area (Å²) in [6.07, 6.45) is 2.43. The van der Waals surface area contributed by atoms with Gasteiger partial charge in [-0.05, 0) is 12.8 Å². The molecule has 0 spiro atoms. The molecule has 0 amide bonds. The molecule has 0 saturated carbocycles. The van der Waals surface area contributed by atoms with Gasteiger partial charge in [-0.3, -0.25) is 0 Å². The topological polar surface area (TPSA) is 9.23 Å². The summed E-state index contributed by atoms with van der Waals surface area (Å²) >= 11 is 2.51. The molecule has 0 bridgehead atoms. The van der Waals surface area contributed by atoms with E-state index in [0.29, 0.717) is 3.42 Å². The van der Waals surface area contributed by atoms with Crippen LogP contribution in [0.3, 0.4) is 0 Å². The van der Waals surface area contributed by atoms with Gasteiger partial charge in [0.25, 0.3) is 0 Å². The van der Waals surface area contributed by atoms with Gasteiger partial charge in [-0.2, -0.15) is 0 Å². The second kappa shape index (κ2) is 2.52. The van der Waals surface area contributed by atoms with Crippen LogP contribution in [0.1, 0.15) is 19.8 Å². The van der Waals surface area contributed by atoms with Gasteiger partial charge < -0.3 is 4.74 Å². The highest BCUT2D eigenvalue weighted by molar-refractivity contribution is 14.1. The average molecular weight is 226 g/mol. The Morgan fingerprint density at radius 1 is 1.38 bits per heavy atom. The molecular weight excluding hydrogens is 215 g/mol. The molecule has 0 aliphatic carbocycles. The first-order chi connectivity index (χ1) is 3.71. The Hall–Kier alpha value is 0.690. The number of halogens is 1. The standard InChI is InChI=1S/C6H11IO/c1-6(7)2-4-8-5-3-6/h2-5H2,1H3. The van der Waals surface area contributed by atoms with E-state index < -0.39 is 0 Å². The van der Waals surface area contributed by atoms with Gasteiger partial charge in [0.1, 0.15) is 0 Å². The van der Waals surface area contributed by atoms with Crippen molar-refractivity contribution in [1.29, 1.82) is 0 Å². The molecule has 1 saturated heterocycles. The molecule has 48 valence electrons. The maximum absolute atomic E-state index is 5.20. The SMILES string of the molecule is CC1(I)CCOCC1. The zero-order chi connectivity index (χ0) is 6.04. The lowest BCUT2D eigenvalue weighted by molar-refractivity contribution is 0.0853. The molecule has 1 heterocycles. The van der Waals surface area contributed by atoms with Crippen molar-refractivity contribution >= 4 is 22.6 Å². The van der Waals surface area contributed by atoms with Crippen molar-refractivity contribution in [2.24, 2.45) is 0 Å². The summed E-state index contributed by atoms with van der Waals surface area (Å²) in [5, 5.41) is 0. The summed E-state index contributed by atoms with van der Waals surface area (Å²) in [5.74, 6) is 0. The maximum Gasteiger partial charge on any atom is 0.0478 e. The van der Waals surface area contributed by atoms with Crippen LogP contribution in [-0.2, 0) is 4.74 Å². The van der Waals surface area contributed by atoms with Gasteiger partial charge in [-0.25, -0.2) is 0 Å². The summed E-state index contributed by atoms with van der Waals surface area (Å²) in [6.45, 7) is 4.20. The fraction of sp³-hybridized carbons (Fsp3) is 1.00. The van der Waals surface area contributed by atoms with Gasteiger partial charge in [0.15, 0.2) is 0 Å². The zero-order valence-corrected chi connectivity index (χ0v) is 7.27. The summed E-state index contributed by atoms with van der Waals surface area (Å²) in [5.41, 5.74) is 0. The van der Waals surface area contributed by atoms with Crippen LogP contribution < -0.4 is 0 Å². The van der Waals surface area contributed by atoms with Crippen molar-refractivity contribution in [1.82, 2.24) is 0 Å². The lowest BCUT2D eigenvalue weighted by Crippen LogP contribution is -2.25. The van der Waals surface area contributed by atoms with Crippen LogP contribution >= 0.6 is 22.6 Å². The van der Waals surface area contributed by atoms with Crippen LogP contribution in [0, 0.1) is 0 Å². The molecule has 2 heteroatoms. The van der Waals surface area contributed by atoms with Crippen LogP contribution in [0.2, 0.25) is 0 Å². The minimum Gasteiger partial charge on any atom is -0.381 e. The quantitative estimate of drug-likeness (QED) is 0.453. The van der Waals surface area contributed by atoms with Crippen molar-refractivity contribution in [2.45, 2.75) is 23.2 Å². The monoisotopic (exact) mass is 226 g/mol. The van der Waals surface area contributed by atoms with Gasteiger partial charge in [-0.1, -0.05) is 29.5 Å². The Morgan fingerprint density at radius 3 is 2.12 bits per heavy atom. The summed E-state index contributed by atoms with van der Waals surface area (Å²) in [6, 6.07) is 0. The zero-order valence-electron chi connectivity index (χ0n) is 5.11. The first kappa shape index (κ1) is 6.81. The molecule has 0 unspecified atom stereocenters. The van der Waals surface area contributed by atoms with Gasteiger partial charge in [0, 0.05) is 16.6 Å². The van der Waals surface area contributed by atoms with Crippen molar-refractivity contribution < 1.29 is 4.74 Å². The number of hydrogen-bond donors (Lipinski definition) is 0. The van der Waals surface area contributed by atoms with E-state index in [-0.39, 0.29) is 0 Å². The van der Waals surface area contributed by atoms with Crippen LogP contribution in [0.5, 0.6) is 0 Å². The molecular formula is C6H11IO. The van der Waals surface area contributed by atoms with E-state index in [0.717, 1.165) is 13.2 Å². The summed E-state index contributed by atoms with van der Waals surface area (Å²) in [7, 11) is 0. The molecule has 1 rings (SSSR count). The van der Waals surface area contributed by atoms with Crippen molar-refractivity contribution in [3.05, 3.63) is 0 Å². The van der Waals surface area contributed by atoms with Gasteiger partial charge >= 0.3 is 0 Å². The van der Waals surface area contributed by atoms with Gasteiger partial charge in [0.05, 0.1) is 0 Å². The second-order valence-electron chi connectivity index (χ2n) is 2.53. The van der Waals surface area contributed by atoms with Crippen LogP contribution in [0.4, 0.5) is 0 Å². The molecule has 1 aliphatic heterocycles. The number of ether oxygens (including phenoxy) is 1. The first-order valence-electron chi connectivity index (χ1n) is 2.97. The first-order valence-corrected chi connectivity index (χ1v) is 4.05. The Kier molecular flexibility index (Phi) is 2.14. The fourth-order valence-electron chi connectivity index (χ4n) is 0.797. The third-order valence-corrected chi connectivity index (χ3v) is 2.61. The van der Waals surface area contributed by atoms with Gasteiger partial charge in [-0.15, -0.1) is 0 Å². The highest BCUT2D eigenvalue weighted by Gasteiger charge is 2.22. The summed E-state index contributed by atoms with van der Waals surface area (Å²) in [4.78, 5) is 0. The lowest BCUT2D eigenvalue weighted by atomic mass is 10.0. The third kappa shape index (κ3) is 1.90. The van der Waals surface area contributed by atoms with E-state index in [4.69, 9.17) is 4.74 Å². The Labute approximate surface area is 63.9 Å². The van der Waals surface area contributed by atoms with E-state index in [1.807, 2.05) is 0 Å². The molecule has 0 aromatic heterocycles.